The van der Waals surface area contributed by atoms with Crippen molar-refractivity contribution in [1.82, 2.24) is 0 Å². The normalized spacial score (nSPS) is 5.14. The van der Waals surface area contributed by atoms with Crippen molar-refractivity contribution in [3.8, 4) is 0 Å². The largest absolute Gasteiger partial charge is 0.235 e. The van der Waals surface area contributed by atoms with Crippen LogP contribution in [0.15, 0.2) is 17.6 Å². The van der Waals surface area contributed by atoms with Crippen LogP contribution in [0.5, 0.6) is 0 Å². The molecule has 0 amide bonds. The van der Waals surface area contributed by atoms with Gasteiger partial charge in [0.1, 0.15) is 0 Å². The lowest BCUT2D eigenvalue weighted by Crippen LogP contribution is -1.63. The Morgan fingerprint density at radius 1 is 1.86 bits per heavy atom. The first-order chi connectivity index (χ1) is 2.91. The highest BCUT2D eigenvalue weighted by atomic mass is 28.1. The van der Waals surface area contributed by atoms with Crippen molar-refractivity contribution in [1.29, 1.82) is 0 Å². The fraction of sp³-hybridized carbons (Fsp3) is 0.250. The minimum Gasteiger partial charge on any atom is -0.211 e. The van der Waals surface area contributed by atoms with Crippen LogP contribution in [0.3, 0.4) is 0 Å². The number of isocyanates is 1. The first-order valence-electron chi connectivity index (χ1n) is 1.56. The minimum absolute atomic E-state index is 0. The monoisotopic (exact) mass is 115 g/mol. The van der Waals surface area contributed by atoms with E-state index in [0.29, 0.717) is 6.54 Å². The fourth-order valence-electron chi connectivity index (χ4n) is 0.102. The highest BCUT2D eigenvalue weighted by Gasteiger charge is 1.58. The summed E-state index contributed by atoms with van der Waals surface area (Å²) in [6.07, 6.45) is 2.90. The van der Waals surface area contributed by atoms with Crippen molar-refractivity contribution >= 4 is 17.0 Å². The third-order valence-corrected chi connectivity index (χ3v) is 0.285. The van der Waals surface area contributed by atoms with Crippen LogP contribution in [-0.4, -0.2) is 23.6 Å². The standard InChI is InChI=1S/C4H5NO.H4Si/c1-2-3-5-4-6;/h2H,1,3H2;1H4. The van der Waals surface area contributed by atoms with Gasteiger partial charge in [0.25, 0.3) is 0 Å². The van der Waals surface area contributed by atoms with Gasteiger partial charge in [-0.15, -0.1) is 6.58 Å². The van der Waals surface area contributed by atoms with Crippen molar-refractivity contribution in [3.05, 3.63) is 12.7 Å². The average molecular weight is 115 g/mol. The van der Waals surface area contributed by atoms with E-state index in [2.05, 4.69) is 11.6 Å². The van der Waals surface area contributed by atoms with Gasteiger partial charge < -0.3 is 0 Å². The minimum atomic E-state index is 0. The maximum Gasteiger partial charge on any atom is 0.235 e. The summed E-state index contributed by atoms with van der Waals surface area (Å²) in [4.78, 5) is 12.4. The molecule has 0 fully saturated rings. The maximum absolute atomic E-state index is 9.22. The lowest BCUT2D eigenvalue weighted by Gasteiger charge is -1.64. The zero-order valence-electron chi connectivity index (χ0n) is 3.35. The van der Waals surface area contributed by atoms with E-state index >= 15 is 0 Å². The fourth-order valence-corrected chi connectivity index (χ4v) is 0.102. The second-order valence-electron chi connectivity index (χ2n) is 0.721. The number of aliphatic imine (C=N–C) groups is 1. The van der Waals surface area contributed by atoms with E-state index in [-0.39, 0.29) is 11.0 Å². The molecular weight excluding hydrogens is 106 g/mol. The molecule has 7 heavy (non-hydrogen) atoms. The van der Waals surface area contributed by atoms with Crippen molar-refractivity contribution in [3.63, 3.8) is 0 Å². The number of rotatable bonds is 2. The third-order valence-electron chi connectivity index (χ3n) is 0.285. The maximum atomic E-state index is 9.22. The van der Waals surface area contributed by atoms with E-state index in [1.807, 2.05) is 0 Å². The molecule has 0 bridgehead atoms. The summed E-state index contributed by atoms with van der Waals surface area (Å²) in [5.41, 5.74) is 0. The molecule has 0 atom stereocenters. The van der Waals surface area contributed by atoms with Crippen LogP contribution in [0.1, 0.15) is 0 Å². The van der Waals surface area contributed by atoms with Crippen LogP contribution in [0.25, 0.3) is 0 Å². The summed E-state index contributed by atoms with van der Waals surface area (Å²) in [5.74, 6) is 0. The Hall–Kier alpha value is -0.663. The first kappa shape index (κ1) is 9.60. The number of nitrogens with zero attached hydrogens (tertiary/aromatic N) is 1. The summed E-state index contributed by atoms with van der Waals surface area (Å²) in [5, 5.41) is 0. The lowest BCUT2D eigenvalue weighted by atomic mass is 10.7. The van der Waals surface area contributed by atoms with Gasteiger partial charge in [-0.25, -0.2) is 9.79 Å². The van der Waals surface area contributed by atoms with Crippen LogP contribution in [-0.2, 0) is 4.79 Å². The lowest BCUT2D eigenvalue weighted by molar-refractivity contribution is 0.564. The third kappa shape index (κ3) is 10.9. The van der Waals surface area contributed by atoms with E-state index in [1.165, 1.54) is 12.2 Å². The van der Waals surface area contributed by atoms with Crippen molar-refractivity contribution in [2.24, 2.45) is 4.99 Å². The summed E-state index contributed by atoms with van der Waals surface area (Å²) in [6.45, 7) is 3.70. The SMILES string of the molecule is C=CCN=C=O.[SiH4]. The molecular formula is C4H9NOSi. The molecule has 0 rings (SSSR count). The van der Waals surface area contributed by atoms with Gasteiger partial charge in [-0.1, -0.05) is 6.08 Å². The topological polar surface area (TPSA) is 29.4 Å². The van der Waals surface area contributed by atoms with Gasteiger partial charge in [0, 0.05) is 0 Å². The summed E-state index contributed by atoms with van der Waals surface area (Å²) < 4.78 is 0. The smallest absolute Gasteiger partial charge is 0.211 e. The molecule has 2 nitrogen and oxygen atoms in total. The van der Waals surface area contributed by atoms with Gasteiger partial charge >= 0.3 is 0 Å². The molecule has 0 radical (unpaired) electrons. The number of hydrogen-bond acceptors (Lipinski definition) is 2. The van der Waals surface area contributed by atoms with Gasteiger partial charge in [-0.2, -0.15) is 0 Å². The first-order valence-corrected chi connectivity index (χ1v) is 1.56. The van der Waals surface area contributed by atoms with E-state index in [0.717, 1.165) is 0 Å². The zero-order valence-corrected chi connectivity index (χ0v) is 3.35. The number of carbonyl (C=O) groups excluding carboxylic acids is 1. The average Bonchev–Trinajstić information content (AvgIpc) is 1.61. The van der Waals surface area contributed by atoms with Gasteiger partial charge in [-0.3, -0.25) is 0 Å². The molecule has 0 saturated heterocycles. The molecule has 0 N–H and O–H groups in total. The van der Waals surface area contributed by atoms with E-state index in [4.69, 9.17) is 0 Å². The highest BCUT2D eigenvalue weighted by molar-refractivity contribution is 5.75. The van der Waals surface area contributed by atoms with Gasteiger partial charge in [0.05, 0.1) is 6.54 Å². The molecule has 0 aliphatic rings. The summed E-state index contributed by atoms with van der Waals surface area (Å²) in [7, 11) is 0. The molecule has 3 heteroatoms. The second-order valence-corrected chi connectivity index (χ2v) is 0.721. The molecule has 0 unspecified atom stereocenters. The molecule has 0 aromatic rings. The summed E-state index contributed by atoms with van der Waals surface area (Å²) in [6, 6.07) is 0. The van der Waals surface area contributed by atoms with Crippen molar-refractivity contribution in [2.45, 2.75) is 0 Å². The zero-order chi connectivity index (χ0) is 4.83. The van der Waals surface area contributed by atoms with E-state index < -0.39 is 0 Å². The Morgan fingerprint density at radius 3 is 2.57 bits per heavy atom. The van der Waals surface area contributed by atoms with Crippen molar-refractivity contribution in [2.75, 3.05) is 6.54 Å². The second kappa shape index (κ2) is 9.01. The molecule has 0 saturated carbocycles. The molecule has 0 aliphatic heterocycles. The van der Waals surface area contributed by atoms with Gasteiger partial charge in [0.2, 0.25) is 6.08 Å². The Balaban J connectivity index is 0. The van der Waals surface area contributed by atoms with Crippen LogP contribution >= 0.6 is 0 Å². The summed E-state index contributed by atoms with van der Waals surface area (Å²) >= 11 is 0. The number of hydrogen-bond donors (Lipinski definition) is 0. The molecule has 0 aliphatic carbocycles. The molecule has 0 aromatic carbocycles. The van der Waals surface area contributed by atoms with E-state index in [1.54, 1.807) is 0 Å². The van der Waals surface area contributed by atoms with Gasteiger partial charge in [0.15, 0.2) is 0 Å². The van der Waals surface area contributed by atoms with Crippen LogP contribution in [0, 0.1) is 0 Å². The predicted octanol–water partition coefficient (Wildman–Crippen LogP) is -0.943. The van der Waals surface area contributed by atoms with Crippen LogP contribution in [0.4, 0.5) is 0 Å². The van der Waals surface area contributed by atoms with Crippen LogP contribution < -0.4 is 0 Å². The van der Waals surface area contributed by atoms with Gasteiger partial charge in [-0.05, 0) is 11.0 Å². The van der Waals surface area contributed by atoms with E-state index in [9.17, 15) is 4.79 Å². The Labute approximate surface area is 47.0 Å². The molecule has 40 valence electrons. The molecule has 0 aromatic heterocycles. The molecule has 0 spiro atoms. The van der Waals surface area contributed by atoms with Crippen LogP contribution in [0.2, 0.25) is 0 Å². The predicted molar refractivity (Wildman–Crippen MR) is 34.5 cm³/mol. The molecule has 0 heterocycles. The van der Waals surface area contributed by atoms with Crippen molar-refractivity contribution < 1.29 is 4.79 Å². The Kier molecular flexibility index (Phi) is 12.4. The Morgan fingerprint density at radius 2 is 2.43 bits per heavy atom. The quantitative estimate of drug-likeness (QED) is 0.198. The Bertz CT molecular complexity index is 85.7. The highest BCUT2D eigenvalue weighted by Crippen LogP contribution is 1.61.